The number of amides is 1. The van der Waals surface area contributed by atoms with E-state index in [1.807, 2.05) is 0 Å². The minimum atomic E-state index is -4.70. The number of fused-ring (bicyclic) bond motifs is 1. The second-order valence-corrected chi connectivity index (χ2v) is 7.76. The molecule has 0 aliphatic carbocycles. The van der Waals surface area contributed by atoms with E-state index in [-0.39, 0.29) is 15.6 Å². The molecule has 1 aromatic carbocycles. The van der Waals surface area contributed by atoms with Crippen LogP contribution < -0.4 is 5.32 Å². The summed E-state index contributed by atoms with van der Waals surface area (Å²) in [5.74, 6) is -1.37. The maximum absolute atomic E-state index is 13.0. The Morgan fingerprint density at radius 3 is 2.61 bits per heavy atom. The number of esters is 1. The van der Waals surface area contributed by atoms with Gasteiger partial charge in [0.15, 0.2) is 5.69 Å². The van der Waals surface area contributed by atoms with E-state index in [0.717, 1.165) is 16.0 Å². The molecular formula is C16H10BrClF3N3O3S. The summed E-state index contributed by atoms with van der Waals surface area (Å²) in [6, 6.07) is 4.68. The summed E-state index contributed by atoms with van der Waals surface area (Å²) in [5.41, 5.74) is -1.16. The van der Waals surface area contributed by atoms with E-state index in [4.69, 9.17) is 11.6 Å². The average Bonchev–Trinajstić information content (AvgIpc) is 3.10. The highest BCUT2D eigenvalue weighted by molar-refractivity contribution is 9.10. The smallest absolute Gasteiger partial charge is 0.436 e. The number of rotatable bonds is 3. The van der Waals surface area contributed by atoms with Crippen molar-refractivity contribution in [2.45, 2.75) is 6.18 Å². The standard InChI is InChI=1S/C16H10BrClF3N3O3S/c1-24-11(9(17)13(23-24)16(19,20)21)14(25)22-6-3-4-7-8(5-6)28-12(10(7)18)15(26)27-2/h3-5H,1-2H3,(H,22,25). The van der Waals surface area contributed by atoms with Gasteiger partial charge >= 0.3 is 12.1 Å². The molecule has 3 rings (SSSR count). The Balaban J connectivity index is 1.94. The Bertz CT molecular complexity index is 1110. The van der Waals surface area contributed by atoms with Crippen molar-refractivity contribution in [3.63, 3.8) is 0 Å². The molecule has 28 heavy (non-hydrogen) atoms. The van der Waals surface area contributed by atoms with Crippen molar-refractivity contribution < 1.29 is 27.5 Å². The van der Waals surface area contributed by atoms with Gasteiger partial charge in [0.1, 0.15) is 10.6 Å². The van der Waals surface area contributed by atoms with Gasteiger partial charge in [-0.1, -0.05) is 11.6 Å². The fraction of sp³-hybridized carbons (Fsp3) is 0.188. The first kappa shape index (κ1) is 20.6. The molecule has 0 fully saturated rings. The van der Waals surface area contributed by atoms with Gasteiger partial charge in [0.2, 0.25) is 0 Å². The summed E-state index contributed by atoms with van der Waals surface area (Å²) in [4.78, 5) is 24.4. The Labute approximate surface area is 173 Å². The van der Waals surface area contributed by atoms with Gasteiger partial charge in [-0.05, 0) is 34.1 Å². The van der Waals surface area contributed by atoms with E-state index in [9.17, 15) is 22.8 Å². The lowest BCUT2D eigenvalue weighted by Gasteiger charge is -2.06. The van der Waals surface area contributed by atoms with Crippen LogP contribution in [0.3, 0.4) is 0 Å². The van der Waals surface area contributed by atoms with Crippen molar-refractivity contribution >= 4 is 66.5 Å². The Morgan fingerprint density at radius 1 is 1.36 bits per heavy atom. The minimum Gasteiger partial charge on any atom is -0.465 e. The average molecular weight is 497 g/mol. The molecular weight excluding hydrogens is 487 g/mol. The van der Waals surface area contributed by atoms with Crippen LogP contribution in [-0.4, -0.2) is 28.8 Å². The van der Waals surface area contributed by atoms with Gasteiger partial charge in [0.05, 0.1) is 16.6 Å². The van der Waals surface area contributed by atoms with Crippen LogP contribution in [0.15, 0.2) is 22.7 Å². The Kier molecular flexibility index (Phi) is 5.43. The molecule has 0 aliphatic rings. The first-order valence-corrected chi connectivity index (χ1v) is 9.44. The number of ether oxygens (including phenoxy) is 1. The number of halogens is 5. The highest BCUT2D eigenvalue weighted by Crippen LogP contribution is 2.38. The predicted octanol–water partition coefficient (Wildman–Crippen LogP) is 5.11. The number of hydrogen-bond acceptors (Lipinski definition) is 5. The van der Waals surface area contributed by atoms with E-state index >= 15 is 0 Å². The molecule has 0 bridgehead atoms. The summed E-state index contributed by atoms with van der Waals surface area (Å²) in [5, 5.41) is 6.69. The second-order valence-electron chi connectivity index (χ2n) is 5.53. The molecule has 2 aromatic heterocycles. The fourth-order valence-electron chi connectivity index (χ4n) is 2.48. The minimum absolute atomic E-state index is 0.215. The third-order valence-corrected chi connectivity index (χ3v) is 6.12. The van der Waals surface area contributed by atoms with E-state index in [1.54, 1.807) is 12.1 Å². The van der Waals surface area contributed by atoms with Crippen LogP contribution in [-0.2, 0) is 18.0 Å². The number of anilines is 1. The van der Waals surface area contributed by atoms with E-state index < -0.39 is 28.2 Å². The maximum Gasteiger partial charge on any atom is 0.436 e. The van der Waals surface area contributed by atoms with Gasteiger partial charge in [-0.15, -0.1) is 11.3 Å². The van der Waals surface area contributed by atoms with E-state index in [1.165, 1.54) is 20.2 Å². The third kappa shape index (κ3) is 3.61. The number of benzene rings is 1. The van der Waals surface area contributed by atoms with Crippen molar-refractivity contribution in [2.75, 3.05) is 12.4 Å². The highest BCUT2D eigenvalue weighted by atomic mass is 79.9. The van der Waals surface area contributed by atoms with Gasteiger partial charge in [0.25, 0.3) is 5.91 Å². The van der Waals surface area contributed by atoms with Crippen LogP contribution in [0.2, 0.25) is 5.02 Å². The quantitative estimate of drug-likeness (QED) is 0.512. The molecule has 2 heterocycles. The van der Waals surface area contributed by atoms with Gasteiger partial charge in [-0.25, -0.2) is 4.79 Å². The number of aromatic nitrogens is 2. The first-order chi connectivity index (χ1) is 13.0. The Morgan fingerprint density at radius 2 is 2.04 bits per heavy atom. The molecule has 1 N–H and O–H groups in total. The van der Waals surface area contributed by atoms with Crippen molar-refractivity contribution in [3.05, 3.63) is 44.0 Å². The monoisotopic (exact) mass is 495 g/mol. The number of thiophene rings is 1. The number of nitrogens with zero attached hydrogens (tertiary/aromatic N) is 2. The molecule has 1 amide bonds. The number of nitrogens with one attached hydrogen (secondary N) is 1. The van der Waals surface area contributed by atoms with Crippen LogP contribution >= 0.6 is 38.9 Å². The number of carbonyl (C=O) groups is 2. The molecule has 0 aliphatic heterocycles. The van der Waals surface area contributed by atoms with Gasteiger partial charge < -0.3 is 10.1 Å². The zero-order valence-corrected chi connectivity index (χ0v) is 17.3. The zero-order valence-electron chi connectivity index (χ0n) is 14.1. The third-order valence-electron chi connectivity index (χ3n) is 3.73. The zero-order chi connectivity index (χ0) is 20.8. The molecule has 0 unspecified atom stereocenters. The number of hydrogen-bond donors (Lipinski definition) is 1. The summed E-state index contributed by atoms with van der Waals surface area (Å²) >= 11 is 10.0. The molecule has 0 radical (unpaired) electrons. The van der Waals surface area contributed by atoms with Crippen LogP contribution in [0.4, 0.5) is 18.9 Å². The molecule has 0 atom stereocenters. The topological polar surface area (TPSA) is 73.2 Å². The lowest BCUT2D eigenvalue weighted by molar-refractivity contribution is -0.142. The summed E-state index contributed by atoms with van der Waals surface area (Å²) in [6.07, 6.45) is -4.70. The van der Waals surface area contributed by atoms with Crippen LogP contribution in [0.5, 0.6) is 0 Å². The molecule has 6 nitrogen and oxygen atoms in total. The maximum atomic E-state index is 13.0. The molecule has 3 aromatic rings. The van der Waals surface area contributed by atoms with Crippen LogP contribution in [0.25, 0.3) is 10.1 Å². The molecule has 148 valence electrons. The van der Waals surface area contributed by atoms with Crippen molar-refractivity contribution in [2.24, 2.45) is 7.05 Å². The SMILES string of the molecule is COC(=O)c1sc2cc(NC(=O)c3c(Br)c(C(F)(F)F)nn3C)ccc2c1Cl. The van der Waals surface area contributed by atoms with Crippen LogP contribution in [0.1, 0.15) is 25.9 Å². The van der Waals surface area contributed by atoms with Crippen molar-refractivity contribution in [1.29, 1.82) is 0 Å². The second kappa shape index (κ2) is 7.37. The van der Waals surface area contributed by atoms with Crippen molar-refractivity contribution in [3.8, 4) is 0 Å². The number of alkyl halides is 3. The predicted molar refractivity (Wildman–Crippen MR) is 102 cm³/mol. The largest absolute Gasteiger partial charge is 0.465 e. The van der Waals surface area contributed by atoms with Crippen LogP contribution in [0, 0.1) is 0 Å². The van der Waals surface area contributed by atoms with E-state index in [0.29, 0.717) is 15.8 Å². The lowest BCUT2D eigenvalue weighted by atomic mass is 10.2. The molecule has 12 heteroatoms. The fourth-order valence-corrected chi connectivity index (χ4v) is 4.69. The van der Waals surface area contributed by atoms with Gasteiger partial charge in [0, 0.05) is 22.8 Å². The number of carbonyl (C=O) groups excluding carboxylic acids is 2. The number of methoxy groups -OCH3 is 1. The molecule has 0 spiro atoms. The Hall–Kier alpha value is -2.11. The van der Waals surface area contributed by atoms with Crippen molar-refractivity contribution in [1.82, 2.24) is 9.78 Å². The lowest BCUT2D eigenvalue weighted by Crippen LogP contribution is -2.16. The van der Waals surface area contributed by atoms with Gasteiger partial charge in [-0.2, -0.15) is 18.3 Å². The summed E-state index contributed by atoms with van der Waals surface area (Å²) in [7, 11) is 2.47. The van der Waals surface area contributed by atoms with Gasteiger partial charge in [-0.3, -0.25) is 9.48 Å². The summed E-state index contributed by atoms with van der Waals surface area (Å²) in [6.45, 7) is 0. The highest BCUT2D eigenvalue weighted by Gasteiger charge is 2.39. The summed E-state index contributed by atoms with van der Waals surface area (Å²) < 4.78 is 44.5. The number of aryl methyl sites for hydroxylation is 1. The normalized spacial score (nSPS) is 11.7. The van der Waals surface area contributed by atoms with E-state index in [2.05, 4.69) is 31.1 Å². The molecule has 0 saturated carbocycles. The first-order valence-electron chi connectivity index (χ1n) is 7.46. The molecule has 0 saturated heterocycles.